The van der Waals surface area contributed by atoms with Gasteiger partial charge in [-0.1, -0.05) is 23.7 Å². The lowest BCUT2D eigenvalue weighted by atomic mass is 10.2. The largest absolute Gasteiger partial charge is 0.497 e. The predicted molar refractivity (Wildman–Crippen MR) is 125 cm³/mol. The number of carbonyl (C=O) groups is 1. The second kappa shape index (κ2) is 9.33. The van der Waals surface area contributed by atoms with E-state index in [1.807, 2.05) is 18.2 Å². The summed E-state index contributed by atoms with van der Waals surface area (Å²) in [5.41, 5.74) is 0.911. The van der Waals surface area contributed by atoms with E-state index in [1.165, 1.54) is 15.7 Å². The average molecular weight is 468 g/mol. The first kappa shape index (κ1) is 22.3. The number of rotatable bonds is 6. The van der Waals surface area contributed by atoms with Crippen LogP contribution in [0.5, 0.6) is 11.5 Å². The highest BCUT2D eigenvalue weighted by atomic mass is 35.5. The number of hydrogen-bond acceptors (Lipinski definition) is 6. The van der Waals surface area contributed by atoms with E-state index in [9.17, 15) is 9.59 Å². The van der Waals surface area contributed by atoms with Crippen molar-refractivity contribution in [2.75, 3.05) is 27.3 Å². The predicted octanol–water partition coefficient (Wildman–Crippen LogP) is 3.44. The van der Waals surface area contributed by atoms with Gasteiger partial charge in [0.05, 0.1) is 19.9 Å². The van der Waals surface area contributed by atoms with Gasteiger partial charge < -0.3 is 14.4 Å². The topological polar surface area (TPSA) is 91.5 Å². The molecule has 0 aliphatic rings. The van der Waals surface area contributed by atoms with Crippen LogP contribution >= 0.6 is 11.6 Å². The second-order valence-electron chi connectivity index (χ2n) is 7.32. The van der Waals surface area contributed by atoms with Gasteiger partial charge in [0.1, 0.15) is 23.6 Å². The number of hydrogen-bond donors (Lipinski definition) is 0. The first-order valence-corrected chi connectivity index (χ1v) is 10.5. The molecule has 0 unspecified atom stereocenters. The molecule has 0 atom stereocenters. The van der Waals surface area contributed by atoms with Crippen molar-refractivity contribution in [3.63, 3.8) is 0 Å². The number of benzene rings is 2. The molecule has 1 amide bonds. The van der Waals surface area contributed by atoms with Crippen LogP contribution in [0.15, 0.2) is 59.5 Å². The number of aryl methyl sites for hydroxylation is 1. The maximum absolute atomic E-state index is 13.0. The van der Waals surface area contributed by atoms with Gasteiger partial charge in [0.15, 0.2) is 11.5 Å². The molecule has 2 aromatic heterocycles. The zero-order chi connectivity index (χ0) is 23.5. The molecule has 0 N–H and O–H groups in total. The first-order chi connectivity index (χ1) is 15.9. The molecule has 170 valence electrons. The summed E-state index contributed by atoms with van der Waals surface area (Å²) in [6.45, 7) is 0.521. The Morgan fingerprint density at radius 1 is 1.15 bits per heavy atom. The minimum atomic E-state index is -0.502. The van der Waals surface area contributed by atoms with E-state index in [1.54, 1.807) is 51.5 Å². The SMILES string of the molecule is COc1cccc(-c2ncc3c(n2)n(C)c(=O)n3C(=O)N(C)CCOc2ccc(Cl)cc2)c1. The molecule has 0 fully saturated rings. The molecule has 0 saturated heterocycles. The Bertz CT molecular complexity index is 1360. The van der Waals surface area contributed by atoms with Crippen LogP contribution in [-0.2, 0) is 7.05 Å². The summed E-state index contributed by atoms with van der Waals surface area (Å²) in [5, 5.41) is 0.613. The Balaban J connectivity index is 1.56. The van der Waals surface area contributed by atoms with Gasteiger partial charge in [-0.25, -0.2) is 24.1 Å². The van der Waals surface area contributed by atoms with E-state index in [0.717, 1.165) is 10.1 Å². The van der Waals surface area contributed by atoms with Crippen LogP contribution in [0.3, 0.4) is 0 Å². The normalized spacial score (nSPS) is 10.9. The number of methoxy groups -OCH3 is 1. The molecule has 0 spiro atoms. The van der Waals surface area contributed by atoms with Gasteiger partial charge in [0, 0.05) is 24.7 Å². The van der Waals surface area contributed by atoms with E-state index in [2.05, 4.69) is 9.97 Å². The Hall–Kier alpha value is -3.85. The number of halogens is 1. The van der Waals surface area contributed by atoms with E-state index >= 15 is 0 Å². The zero-order valence-electron chi connectivity index (χ0n) is 18.4. The van der Waals surface area contributed by atoms with Crippen molar-refractivity contribution < 1.29 is 14.3 Å². The highest BCUT2D eigenvalue weighted by Gasteiger charge is 2.22. The van der Waals surface area contributed by atoms with Gasteiger partial charge in [0.25, 0.3) is 0 Å². The number of fused-ring (bicyclic) bond motifs is 1. The summed E-state index contributed by atoms with van der Waals surface area (Å²) in [6, 6.07) is 13.7. The maximum atomic E-state index is 13.0. The fourth-order valence-electron chi connectivity index (χ4n) is 3.30. The maximum Gasteiger partial charge on any atom is 0.338 e. The van der Waals surface area contributed by atoms with Crippen molar-refractivity contribution in [1.29, 1.82) is 0 Å². The quantitative estimate of drug-likeness (QED) is 0.431. The summed E-state index contributed by atoms with van der Waals surface area (Å²) in [5.74, 6) is 1.73. The van der Waals surface area contributed by atoms with Gasteiger partial charge >= 0.3 is 11.7 Å². The van der Waals surface area contributed by atoms with Crippen molar-refractivity contribution in [2.24, 2.45) is 7.05 Å². The number of nitrogens with zero attached hydrogens (tertiary/aromatic N) is 5. The van der Waals surface area contributed by atoms with Gasteiger partial charge in [-0.05, 0) is 36.4 Å². The van der Waals surface area contributed by atoms with Gasteiger partial charge in [0.2, 0.25) is 0 Å². The van der Waals surface area contributed by atoms with E-state index in [4.69, 9.17) is 21.1 Å². The van der Waals surface area contributed by atoms with Crippen molar-refractivity contribution in [2.45, 2.75) is 0 Å². The van der Waals surface area contributed by atoms with Crippen molar-refractivity contribution in [3.8, 4) is 22.9 Å². The van der Waals surface area contributed by atoms with Crippen molar-refractivity contribution >= 4 is 28.8 Å². The minimum Gasteiger partial charge on any atom is -0.497 e. The third-order valence-corrected chi connectivity index (χ3v) is 5.39. The monoisotopic (exact) mass is 467 g/mol. The Labute approximate surface area is 194 Å². The third-order valence-electron chi connectivity index (χ3n) is 5.14. The standard InChI is InChI=1S/C23H22ClN5O4/c1-27(11-12-33-17-9-7-16(24)8-10-17)22(30)29-19-14-25-20(26-21(19)28(2)23(29)31)15-5-4-6-18(13-15)32-3/h4-10,13-14H,11-12H2,1-3H3. The highest BCUT2D eigenvalue weighted by Crippen LogP contribution is 2.22. The molecule has 0 bridgehead atoms. The molecule has 10 heteroatoms. The van der Waals surface area contributed by atoms with Crippen LogP contribution in [0.1, 0.15) is 0 Å². The summed E-state index contributed by atoms with van der Waals surface area (Å²) >= 11 is 5.87. The van der Waals surface area contributed by atoms with E-state index in [-0.39, 0.29) is 13.2 Å². The molecule has 0 aliphatic carbocycles. The van der Waals surface area contributed by atoms with Gasteiger partial charge in [-0.3, -0.25) is 4.57 Å². The number of ether oxygens (including phenoxy) is 2. The summed E-state index contributed by atoms with van der Waals surface area (Å²) in [4.78, 5) is 36.2. The van der Waals surface area contributed by atoms with Crippen LogP contribution in [0.4, 0.5) is 4.79 Å². The third kappa shape index (κ3) is 4.54. The van der Waals surface area contributed by atoms with Crippen LogP contribution in [0.2, 0.25) is 5.02 Å². The lowest BCUT2D eigenvalue weighted by Crippen LogP contribution is -2.39. The minimum absolute atomic E-state index is 0.250. The van der Waals surface area contributed by atoms with E-state index < -0.39 is 11.7 Å². The fraction of sp³-hybridized carbons (Fsp3) is 0.217. The molecular weight excluding hydrogens is 446 g/mol. The van der Waals surface area contributed by atoms with E-state index in [0.29, 0.717) is 33.5 Å². The average Bonchev–Trinajstić information content (AvgIpc) is 3.09. The summed E-state index contributed by atoms with van der Waals surface area (Å²) in [7, 11) is 4.75. The molecule has 4 aromatic rings. The molecule has 0 saturated carbocycles. The van der Waals surface area contributed by atoms with Crippen LogP contribution in [-0.4, -0.2) is 57.3 Å². The number of imidazole rings is 1. The van der Waals surface area contributed by atoms with Crippen LogP contribution in [0, 0.1) is 0 Å². The molecule has 9 nitrogen and oxygen atoms in total. The summed E-state index contributed by atoms with van der Waals surface area (Å²) in [6.07, 6.45) is 1.48. The lowest BCUT2D eigenvalue weighted by molar-refractivity contribution is 0.197. The molecule has 33 heavy (non-hydrogen) atoms. The molecule has 4 rings (SSSR count). The number of likely N-dealkylation sites (N-methyl/N-ethyl adjacent to an activating group) is 1. The lowest BCUT2D eigenvalue weighted by Gasteiger charge is -2.17. The Kier molecular flexibility index (Phi) is 6.32. The summed E-state index contributed by atoms with van der Waals surface area (Å²) < 4.78 is 13.3. The van der Waals surface area contributed by atoms with Crippen LogP contribution < -0.4 is 15.2 Å². The first-order valence-electron chi connectivity index (χ1n) is 10.1. The highest BCUT2D eigenvalue weighted by molar-refractivity contribution is 6.30. The van der Waals surface area contributed by atoms with Crippen molar-refractivity contribution in [1.82, 2.24) is 24.0 Å². The molecule has 0 aliphatic heterocycles. The molecule has 2 heterocycles. The number of carbonyl (C=O) groups excluding carboxylic acids is 1. The molecular formula is C23H22ClN5O4. The number of aromatic nitrogens is 4. The van der Waals surface area contributed by atoms with Crippen LogP contribution in [0.25, 0.3) is 22.6 Å². The Morgan fingerprint density at radius 3 is 2.64 bits per heavy atom. The van der Waals surface area contributed by atoms with Gasteiger partial charge in [-0.15, -0.1) is 0 Å². The van der Waals surface area contributed by atoms with Crippen molar-refractivity contribution in [3.05, 3.63) is 70.2 Å². The second-order valence-corrected chi connectivity index (χ2v) is 7.75. The Morgan fingerprint density at radius 2 is 1.91 bits per heavy atom. The van der Waals surface area contributed by atoms with Gasteiger partial charge in [-0.2, -0.15) is 0 Å². The fourth-order valence-corrected chi connectivity index (χ4v) is 3.42. The smallest absolute Gasteiger partial charge is 0.338 e. The molecule has 2 aromatic carbocycles. The number of amides is 1. The zero-order valence-corrected chi connectivity index (χ0v) is 19.1. The molecule has 0 radical (unpaired) electrons.